The summed E-state index contributed by atoms with van der Waals surface area (Å²) in [6.45, 7) is 11.2. The molecule has 0 atom stereocenters. The second-order valence-corrected chi connectivity index (χ2v) is 16.3. The highest BCUT2D eigenvalue weighted by Crippen LogP contribution is 2.47. The number of hydrogen-bond donors (Lipinski definition) is 0. The molecule has 0 saturated heterocycles. The maximum atomic E-state index is 10.1. The molecule has 1 aromatic heterocycles. The molecule has 0 fully saturated rings. The first-order chi connectivity index (χ1) is 46.0. The predicted molar refractivity (Wildman–Crippen MR) is 291 cm³/mol. The lowest BCUT2D eigenvalue weighted by molar-refractivity contribution is 0.673. The number of rotatable bonds is 8. The van der Waals surface area contributed by atoms with E-state index >= 15 is 0 Å². The topological polar surface area (TPSA) is 16.4 Å². The lowest BCUT2D eigenvalue weighted by atomic mass is 9.90. The first kappa shape index (κ1) is 20.5. The van der Waals surface area contributed by atoms with Crippen molar-refractivity contribution in [2.75, 3.05) is 4.90 Å². The fourth-order valence-electron chi connectivity index (χ4n) is 8.36. The molecule has 0 amide bonds. The summed E-state index contributed by atoms with van der Waals surface area (Å²) in [5.74, 6) is 0. The Hall–Kier alpha value is -7.94. The van der Waals surface area contributed by atoms with Crippen molar-refractivity contribution in [3.05, 3.63) is 232 Å². The lowest BCUT2D eigenvalue weighted by Gasteiger charge is -2.31. The summed E-state index contributed by atoms with van der Waals surface area (Å²) in [7, 11) is 0. The van der Waals surface area contributed by atoms with Gasteiger partial charge in [-0.2, -0.15) is 0 Å². The van der Waals surface area contributed by atoms with Crippen LogP contribution in [0.1, 0.15) is 87.0 Å². The molecule has 330 valence electrons. The van der Waals surface area contributed by atoms with Crippen LogP contribution in [0.5, 0.6) is 0 Å². The van der Waals surface area contributed by atoms with E-state index in [1.54, 1.807) is 6.92 Å². The molecule has 2 heteroatoms. The summed E-state index contributed by atoms with van der Waals surface area (Å²) >= 11 is 0. The number of hydrogen-bond acceptors (Lipinski definition) is 2. The Morgan fingerprint density at radius 2 is 0.912 bits per heavy atom. The quantitative estimate of drug-likeness (QED) is 0.151. The van der Waals surface area contributed by atoms with Crippen LogP contribution in [0.2, 0.25) is 0 Å². The third-order valence-corrected chi connectivity index (χ3v) is 12.0. The van der Waals surface area contributed by atoms with E-state index in [-0.39, 0.29) is 112 Å². The molecule has 11 rings (SSSR count). The standard InChI is InChI=1S/C66H55NO/c1-40-25-26-52(35-42(40)3)60-39-61-59-24-16-23-58(65(59)68-66(61)63-41(2)17-15-22-57(60)63)55-32-29-51(36-43(55)4)56-33-34-62(47(8)46(56)7)67(54-30-27-50(28-31-54)48-18-11-9-12-19-48)64-44(5)37-53(38-45(64)6)49-20-13-10-14-21-49/h9-39H,1-8H3/i9D,10D,11D,12D,13D,14D,15D,16D,17D,18D,19D,20D,21D,22D,23D,24D,25D,26D,27D,28D,29D,30D,31D,32D,33D,34D,35D,36D,37D,38D,39D. The van der Waals surface area contributed by atoms with Gasteiger partial charge in [-0.3, -0.25) is 0 Å². The SMILES string of the molecule is [2H]c1c([2H])c([2H])c(-c2c([2H])c([2H])c(N(c3c([2H])c([2H])c(-c4c([2H])c([2H])c(-c5c([2H])c([2H])c([2H])c6c5oc5c7c(C)c([2H])c([2H])c([2H])c7c(-c7c([2H])c([2H])c(C)c(C)c7[2H])c([2H])c56)c(C)c4[2H])c(C)c3C)c3c(C)c([2H])c(-c4c([2H])c([2H])c([2H])c([2H])c4[2H])c([2H])c3C)c([2H])c2[2H])c([2H])c1[2H]. The van der Waals surface area contributed by atoms with Gasteiger partial charge in [0.2, 0.25) is 0 Å². The number of nitrogens with zero attached hydrogens (tertiary/aromatic N) is 1. The van der Waals surface area contributed by atoms with Gasteiger partial charge in [0.05, 0.1) is 48.2 Å². The highest BCUT2D eigenvalue weighted by atomic mass is 16.3. The fraction of sp³-hybridized carbons (Fsp3) is 0.121. The average Bonchev–Trinajstić information content (AvgIpc) is 1.66. The number of benzene rings is 10. The summed E-state index contributed by atoms with van der Waals surface area (Å²) in [5.41, 5.74) is -6.98. The van der Waals surface area contributed by atoms with Crippen LogP contribution < -0.4 is 4.90 Å². The van der Waals surface area contributed by atoms with Gasteiger partial charge in [-0.05, 0) is 192 Å². The second-order valence-electron chi connectivity index (χ2n) is 16.3. The average molecular weight is 909 g/mol. The molecule has 0 spiro atoms. The highest BCUT2D eigenvalue weighted by Gasteiger charge is 2.23. The largest absolute Gasteiger partial charge is 0.455 e. The van der Waals surface area contributed by atoms with Crippen LogP contribution >= 0.6 is 0 Å². The van der Waals surface area contributed by atoms with E-state index in [9.17, 15) is 23.3 Å². The molecule has 0 N–H and O–H groups in total. The van der Waals surface area contributed by atoms with Crippen LogP contribution in [0.3, 0.4) is 0 Å². The summed E-state index contributed by atoms with van der Waals surface area (Å²) in [6, 6.07) is -22.8. The first-order valence-corrected chi connectivity index (χ1v) is 21.3. The molecule has 0 bridgehead atoms. The van der Waals surface area contributed by atoms with E-state index in [1.165, 1.54) is 48.5 Å². The molecule has 1 heterocycles. The number of aryl methyl sites for hydroxylation is 1. The molecule has 0 unspecified atom stereocenters. The summed E-state index contributed by atoms with van der Waals surface area (Å²) in [6.07, 6.45) is 0. The van der Waals surface area contributed by atoms with E-state index in [2.05, 4.69) is 0 Å². The van der Waals surface area contributed by atoms with Crippen LogP contribution in [-0.2, 0) is 0 Å². The van der Waals surface area contributed by atoms with Crippen molar-refractivity contribution in [3.63, 3.8) is 0 Å². The zero-order valence-electron chi connectivity index (χ0n) is 68.9. The van der Waals surface area contributed by atoms with E-state index in [0.717, 1.165) is 4.90 Å². The molecule has 0 aliphatic rings. The van der Waals surface area contributed by atoms with Crippen molar-refractivity contribution in [2.24, 2.45) is 0 Å². The van der Waals surface area contributed by atoms with Gasteiger partial charge in [-0.1, -0.05) is 151 Å². The van der Waals surface area contributed by atoms with Gasteiger partial charge in [0.15, 0.2) is 0 Å². The zero-order valence-corrected chi connectivity index (χ0v) is 37.9. The Bertz CT molecular complexity index is 5270. The van der Waals surface area contributed by atoms with E-state index < -0.39 is 226 Å². The molecule has 0 saturated carbocycles. The summed E-state index contributed by atoms with van der Waals surface area (Å²) < 4.78 is 292. The second kappa shape index (κ2) is 17.0. The minimum absolute atomic E-state index is 0.0168. The highest BCUT2D eigenvalue weighted by molar-refractivity contribution is 6.21. The minimum Gasteiger partial charge on any atom is -0.455 e. The third kappa shape index (κ3) is 7.29. The predicted octanol–water partition coefficient (Wildman–Crippen LogP) is 19.0. The number of fused-ring (bicyclic) bond motifs is 5. The van der Waals surface area contributed by atoms with Crippen LogP contribution in [0.4, 0.5) is 17.1 Å². The number of para-hydroxylation sites is 1. The van der Waals surface area contributed by atoms with Gasteiger partial charge in [-0.25, -0.2) is 0 Å². The summed E-state index contributed by atoms with van der Waals surface area (Å²) in [4.78, 5) is 0.964. The van der Waals surface area contributed by atoms with E-state index in [1.807, 2.05) is 0 Å². The van der Waals surface area contributed by atoms with Gasteiger partial charge in [-0.15, -0.1) is 0 Å². The van der Waals surface area contributed by atoms with Crippen LogP contribution in [0, 0.1) is 55.4 Å². The third-order valence-electron chi connectivity index (χ3n) is 12.0. The van der Waals surface area contributed by atoms with Crippen molar-refractivity contribution in [1.82, 2.24) is 0 Å². The number of anilines is 3. The number of furan rings is 1. The molecular weight excluding hydrogens is 823 g/mol. The Labute approximate surface area is 444 Å². The Balaban J connectivity index is 1.22. The van der Waals surface area contributed by atoms with Crippen molar-refractivity contribution in [1.29, 1.82) is 0 Å². The Kier molecular flexibility index (Phi) is 5.14. The van der Waals surface area contributed by atoms with Gasteiger partial charge in [0.25, 0.3) is 0 Å². The van der Waals surface area contributed by atoms with Crippen LogP contribution in [0.15, 0.2) is 192 Å². The first-order valence-electron chi connectivity index (χ1n) is 36.8. The molecule has 68 heavy (non-hydrogen) atoms. The maximum Gasteiger partial charge on any atom is 0.143 e. The summed E-state index contributed by atoms with van der Waals surface area (Å²) in [5, 5.41) is -0.883. The van der Waals surface area contributed by atoms with Crippen molar-refractivity contribution < 1.29 is 46.9 Å². The fourth-order valence-corrected chi connectivity index (χ4v) is 8.36. The van der Waals surface area contributed by atoms with Gasteiger partial charge in [0.1, 0.15) is 11.2 Å². The maximum absolute atomic E-state index is 10.1. The molecule has 10 aromatic carbocycles. The van der Waals surface area contributed by atoms with Crippen molar-refractivity contribution in [3.8, 4) is 55.6 Å². The van der Waals surface area contributed by atoms with Gasteiger partial charge in [0, 0.05) is 33.1 Å². The molecule has 0 aliphatic heterocycles. The lowest BCUT2D eigenvalue weighted by Crippen LogP contribution is -2.15. The monoisotopic (exact) mass is 909 g/mol. The minimum atomic E-state index is -0.981. The molecule has 2 nitrogen and oxygen atoms in total. The van der Waals surface area contributed by atoms with Crippen LogP contribution in [0.25, 0.3) is 88.3 Å². The van der Waals surface area contributed by atoms with Gasteiger partial charge < -0.3 is 9.32 Å². The van der Waals surface area contributed by atoms with E-state index in [4.69, 9.17) is 23.6 Å². The normalized spacial score (nSPS) is 17.9. The van der Waals surface area contributed by atoms with Crippen molar-refractivity contribution >= 4 is 49.8 Å². The Morgan fingerprint density at radius 1 is 0.338 bits per heavy atom. The molecule has 11 aromatic rings. The molecular formula is C66H55NO. The zero-order chi connectivity index (χ0) is 73.8. The molecule has 0 radical (unpaired) electrons. The smallest absolute Gasteiger partial charge is 0.143 e. The van der Waals surface area contributed by atoms with E-state index in [0.29, 0.717) is 0 Å². The van der Waals surface area contributed by atoms with Crippen molar-refractivity contribution in [2.45, 2.75) is 55.4 Å². The Morgan fingerprint density at radius 3 is 1.63 bits per heavy atom. The van der Waals surface area contributed by atoms with Gasteiger partial charge >= 0.3 is 0 Å². The van der Waals surface area contributed by atoms with Crippen LogP contribution in [-0.4, -0.2) is 0 Å². The molecule has 0 aliphatic carbocycles.